The first kappa shape index (κ1) is 19.0. The third-order valence-electron chi connectivity index (χ3n) is 3.92. The van der Waals surface area contributed by atoms with E-state index in [0.717, 1.165) is 16.7 Å². The SMILES string of the molecule is CCc1cc(Nc2cc(=O)n(CCOCCOC)c(=O)[nH]2)ccc1C. The Morgan fingerprint density at radius 1 is 1.16 bits per heavy atom. The third-order valence-corrected chi connectivity index (χ3v) is 3.92. The van der Waals surface area contributed by atoms with E-state index in [-0.39, 0.29) is 18.7 Å². The van der Waals surface area contributed by atoms with Gasteiger partial charge < -0.3 is 14.8 Å². The molecule has 0 radical (unpaired) electrons. The summed E-state index contributed by atoms with van der Waals surface area (Å²) in [6, 6.07) is 7.32. The summed E-state index contributed by atoms with van der Waals surface area (Å²) in [5.41, 5.74) is 2.43. The van der Waals surface area contributed by atoms with E-state index in [4.69, 9.17) is 9.47 Å². The smallest absolute Gasteiger partial charge is 0.329 e. The van der Waals surface area contributed by atoms with Gasteiger partial charge in [0.25, 0.3) is 5.56 Å². The number of methoxy groups -OCH3 is 1. The third kappa shape index (κ3) is 5.30. The predicted molar refractivity (Wildman–Crippen MR) is 97.9 cm³/mol. The normalized spacial score (nSPS) is 10.8. The van der Waals surface area contributed by atoms with Crippen LogP contribution in [0.25, 0.3) is 0 Å². The van der Waals surface area contributed by atoms with Crippen molar-refractivity contribution in [1.29, 1.82) is 0 Å². The lowest BCUT2D eigenvalue weighted by molar-refractivity contribution is 0.0658. The van der Waals surface area contributed by atoms with Gasteiger partial charge in [-0.25, -0.2) is 4.79 Å². The van der Waals surface area contributed by atoms with Crippen molar-refractivity contribution in [3.63, 3.8) is 0 Å². The van der Waals surface area contributed by atoms with E-state index in [1.807, 2.05) is 18.2 Å². The van der Waals surface area contributed by atoms with Crippen molar-refractivity contribution in [3.05, 3.63) is 56.2 Å². The monoisotopic (exact) mass is 347 g/mol. The molecule has 0 aliphatic rings. The molecule has 0 fully saturated rings. The number of nitrogens with one attached hydrogen (secondary N) is 2. The van der Waals surface area contributed by atoms with E-state index in [1.54, 1.807) is 7.11 Å². The second-order valence-electron chi connectivity index (χ2n) is 5.70. The van der Waals surface area contributed by atoms with Crippen LogP contribution in [0.1, 0.15) is 18.1 Å². The molecule has 2 N–H and O–H groups in total. The van der Waals surface area contributed by atoms with Crippen molar-refractivity contribution < 1.29 is 9.47 Å². The van der Waals surface area contributed by atoms with Crippen molar-refractivity contribution in [2.75, 3.05) is 32.2 Å². The van der Waals surface area contributed by atoms with E-state index >= 15 is 0 Å². The molecule has 7 heteroatoms. The summed E-state index contributed by atoms with van der Waals surface area (Å²) in [5.74, 6) is 0.373. The largest absolute Gasteiger partial charge is 0.382 e. The molecule has 0 saturated carbocycles. The summed E-state index contributed by atoms with van der Waals surface area (Å²) >= 11 is 0. The van der Waals surface area contributed by atoms with E-state index in [1.165, 1.54) is 17.2 Å². The summed E-state index contributed by atoms with van der Waals surface area (Å²) in [5, 5.41) is 3.08. The van der Waals surface area contributed by atoms with Crippen LogP contribution >= 0.6 is 0 Å². The van der Waals surface area contributed by atoms with Crippen LogP contribution in [0.15, 0.2) is 33.9 Å². The Bertz CT molecular complexity index is 779. The maximum atomic E-state index is 12.2. The molecule has 1 aromatic heterocycles. The number of aryl methyl sites for hydroxylation is 2. The zero-order chi connectivity index (χ0) is 18.2. The van der Waals surface area contributed by atoms with Gasteiger partial charge in [0.1, 0.15) is 5.82 Å². The fourth-order valence-electron chi connectivity index (χ4n) is 2.49. The summed E-state index contributed by atoms with van der Waals surface area (Å²) in [6.45, 7) is 5.52. The molecule has 25 heavy (non-hydrogen) atoms. The number of rotatable bonds is 9. The Morgan fingerprint density at radius 3 is 2.64 bits per heavy atom. The first-order valence-corrected chi connectivity index (χ1v) is 8.32. The molecule has 0 aliphatic heterocycles. The molecule has 0 unspecified atom stereocenters. The number of aromatic amines is 1. The van der Waals surface area contributed by atoms with Crippen LogP contribution in [0.3, 0.4) is 0 Å². The molecular weight excluding hydrogens is 322 g/mol. The highest BCUT2D eigenvalue weighted by Gasteiger charge is 2.06. The zero-order valence-electron chi connectivity index (χ0n) is 14.9. The first-order chi connectivity index (χ1) is 12.0. The van der Waals surface area contributed by atoms with Crippen LogP contribution in [0.5, 0.6) is 0 Å². The maximum Gasteiger partial charge on any atom is 0.329 e. The van der Waals surface area contributed by atoms with Gasteiger partial charge in [-0.15, -0.1) is 0 Å². The van der Waals surface area contributed by atoms with Gasteiger partial charge in [-0.3, -0.25) is 14.3 Å². The average molecular weight is 347 g/mol. The molecule has 1 heterocycles. The minimum Gasteiger partial charge on any atom is -0.382 e. The van der Waals surface area contributed by atoms with Gasteiger partial charge in [0.2, 0.25) is 0 Å². The molecule has 0 aliphatic carbocycles. The molecule has 0 atom stereocenters. The molecule has 2 rings (SSSR count). The zero-order valence-corrected chi connectivity index (χ0v) is 14.9. The quantitative estimate of drug-likeness (QED) is 0.676. The van der Waals surface area contributed by atoms with Crippen molar-refractivity contribution in [1.82, 2.24) is 9.55 Å². The maximum absolute atomic E-state index is 12.2. The molecule has 2 aromatic rings. The fourth-order valence-corrected chi connectivity index (χ4v) is 2.49. The highest BCUT2D eigenvalue weighted by Crippen LogP contribution is 2.18. The minimum absolute atomic E-state index is 0.197. The molecule has 0 spiro atoms. The summed E-state index contributed by atoms with van der Waals surface area (Å²) < 4.78 is 11.3. The summed E-state index contributed by atoms with van der Waals surface area (Å²) in [4.78, 5) is 27.0. The van der Waals surface area contributed by atoms with Gasteiger partial charge in [-0.2, -0.15) is 0 Å². The van der Waals surface area contributed by atoms with Gasteiger partial charge in [0.15, 0.2) is 0 Å². The molecule has 0 bridgehead atoms. The van der Waals surface area contributed by atoms with Gasteiger partial charge in [0.05, 0.1) is 26.4 Å². The fraction of sp³-hybridized carbons (Fsp3) is 0.444. The van der Waals surface area contributed by atoms with E-state index in [9.17, 15) is 9.59 Å². The lowest BCUT2D eigenvalue weighted by Gasteiger charge is -2.11. The van der Waals surface area contributed by atoms with Crippen molar-refractivity contribution in [3.8, 4) is 0 Å². The van der Waals surface area contributed by atoms with Crippen molar-refractivity contribution in [2.24, 2.45) is 0 Å². The number of hydrogen-bond acceptors (Lipinski definition) is 5. The van der Waals surface area contributed by atoms with Crippen molar-refractivity contribution in [2.45, 2.75) is 26.8 Å². The lowest BCUT2D eigenvalue weighted by Crippen LogP contribution is -2.36. The number of nitrogens with zero attached hydrogens (tertiary/aromatic N) is 1. The average Bonchev–Trinajstić information content (AvgIpc) is 2.58. The van der Waals surface area contributed by atoms with Crippen LogP contribution in [-0.4, -0.2) is 36.5 Å². The number of hydrogen-bond donors (Lipinski definition) is 2. The standard InChI is InChI=1S/C18H25N3O4/c1-4-14-11-15(6-5-13(14)2)19-16-12-17(22)21(18(23)20-16)7-8-25-10-9-24-3/h5-6,11-12,19H,4,7-10H2,1-3H3,(H,20,23). The van der Waals surface area contributed by atoms with Gasteiger partial charge in [-0.1, -0.05) is 13.0 Å². The lowest BCUT2D eigenvalue weighted by atomic mass is 10.1. The molecule has 136 valence electrons. The Labute approximate surface area is 146 Å². The number of H-pyrrole nitrogens is 1. The number of ether oxygens (including phenoxy) is 2. The summed E-state index contributed by atoms with van der Waals surface area (Å²) in [7, 11) is 1.59. The van der Waals surface area contributed by atoms with E-state index in [0.29, 0.717) is 19.0 Å². The van der Waals surface area contributed by atoms with Gasteiger partial charge >= 0.3 is 5.69 Å². The molecule has 1 aromatic carbocycles. The summed E-state index contributed by atoms with van der Waals surface area (Å²) in [6.07, 6.45) is 0.919. The van der Waals surface area contributed by atoms with Crippen LogP contribution in [-0.2, 0) is 22.4 Å². The highest BCUT2D eigenvalue weighted by atomic mass is 16.5. The Balaban J connectivity index is 2.09. The van der Waals surface area contributed by atoms with Crippen molar-refractivity contribution >= 4 is 11.5 Å². The van der Waals surface area contributed by atoms with Crippen LogP contribution in [0.4, 0.5) is 11.5 Å². The Hall–Kier alpha value is -2.38. The minimum atomic E-state index is -0.465. The molecule has 0 saturated heterocycles. The topological polar surface area (TPSA) is 85.3 Å². The second kappa shape index (κ2) is 9.19. The highest BCUT2D eigenvalue weighted by molar-refractivity contribution is 5.57. The van der Waals surface area contributed by atoms with E-state index in [2.05, 4.69) is 24.1 Å². The van der Waals surface area contributed by atoms with Crippen LogP contribution < -0.4 is 16.6 Å². The number of benzene rings is 1. The van der Waals surface area contributed by atoms with Gasteiger partial charge in [-0.05, 0) is 36.6 Å². The number of anilines is 2. The molecule has 7 nitrogen and oxygen atoms in total. The Morgan fingerprint density at radius 2 is 1.96 bits per heavy atom. The first-order valence-electron chi connectivity index (χ1n) is 8.32. The Kier molecular flexibility index (Phi) is 6.97. The van der Waals surface area contributed by atoms with Gasteiger partial charge in [0, 0.05) is 18.9 Å². The molecular formula is C18H25N3O4. The number of aromatic nitrogens is 2. The second-order valence-corrected chi connectivity index (χ2v) is 5.70. The predicted octanol–water partition coefficient (Wildman–Crippen LogP) is 1.81. The van der Waals surface area contributed by atoms with Crippen LogP contribution in [0.2, 0.25) is 0 Å². The van der Waals surface area contributed by atoms with Crippen LogP contribution in [0, 0.1) is 6.92 Å². The molecule has 0 amide bonds. The van der Waals surface area contributed by atoms with E-state index < -0.39 is 5.69 Å².